The highest BCUT2D eigenvalue weighted by Crippen LogP contribution is 2.22. The van der Waals surface area contributed by atoms with Crippen LogP contribution in [0.4, 0.5) is 4.79 Å². The van der Waals surface area contributed by atoms with Crippen LogP contribution < -0.4 is 10.6 Å². The summed E-state index contributed by atoms with van der Waals surface area (Å²) in [5, 5.41) is 9.59. The van der Waals surface area contributed by atoms with E-state index in [4.69, 9.17) is 4.74 Å². The van der Waals surface area contributed by atoms with Crippen molar-refractivity contribution in [2.75, 3.05) is 13.1 Å². The SMILES string of the molecule is Cn1cc(-c2ccccc2)c(C(=O)NCCNC(=O)OC(C)(C)C)n1. The van der Waals surface area contributed by atoms with E-state index in [2.05, 4.69) is 15.7 Å². The summed E-state index contributed by atoms with van der Waals surface area (Å²) in [5.74, 6) is -0.287. The van der Waals surface area contributed by atoms with Gasteiger partial charge in [0, 0.05) is 31.9 Å². The summed E-state index contributed by atoms with van der Waals surface area (Å²) in [6, 6.07) is 9.60. The van der Waals surface area contributed by atoms with Gasteiger partial charge in [-0.25, -0.2) is 4.79 Å². The van der Waals surface area contributed by atoms with E-state index in [1.54, 1.807) is 32.5 Å². The number of alkyl carbamates (subject to hydrolysis) is 1. The van der Waals surface area contributed by atoms with E-state index in [0.29, 0.717) is 5.69 Å². The lowest BCUT2D eigenvalue weighted by atomic mass is 10.1. The summed E-state index contributed by atoms with van der Waals surface area (Å²) in [4.78, 5) is 23.9. The van der Waals surface area contributed by atoms with Crippen LogP contribution in [0.15, 0.2) is 36.5 Å². The van der Waals surface area contributed by atoms with Crippen molar-refractivity contribution in [2.45, 2.75) is 26.4 Å². The first-order chi connectivity index (χ1) is 11.8. The number of ether oxygens (including phenoxy) is 1. The van der Waals surface area contributed by atoms with Gasteiger partial charge in [-0.3, -0.25) is 9.48 Å². The zero-order valence-corrected chi connectivity index (χ0v) is 15.0. The molecule has 0 aliphatic heterocycles. The fourth-order valence-corrected chi connectivity index (χ4v) is 2.22. The van der Waals surface area contributed by atoms with Crippen molar-refractivity contribution in [1.82, 2.24) is 20.4 Å². The second kappa shape index (κ2) is 7.83. The van der Waals surface area contributed by atoms with Crippen LogP contribution in [0, 0.1) is 0 Å². The lowest BCUT2D eigenvalue weighted by Gasteiger charge is -2.19. The first-order valence-electron chi connectivity index (χ1n) is 8.10. The molecule has 0 atom stereocenters. The summed E-state index contributed by atoms with van der Waals surface area (Å²) in [6.07, 6.45) is 1.30. The minimum atomic E-state index is -0.550. The molecular formula is C18H24N4O3. The maximum atomic E-state index is 12.4. The standard InChI is InChI=1S/C18H24N4O3/c1-18(2,3)25-17(24)20-11-10-19-16(23)15-14(12-22(4)21-15)13-8-6-5-7-9-13/h5-9,12H,10-11H2,1-4H3,(H,19,23)(H,20,24). The predicted molar refractivity (Wildman–Crippen MR) is 95.2 cm³/mol. The third-order valence-corrected chi connectivity index (χ3v) is 3.21. The monoisotopic (exact) mass is 344 g/mol. The smallest absolute Gasteiger partial charge is 0.407 e. The van der Waals surface area contributed by atoms with Crippen molar-refractivity contribution in [3.8, 4) is 11.1 Å². The molecular weight excluding hydrogens is 320 g/mol. The molecule has 0 aliphatic rings. The summed E-state index contributed by atoms with van der Waals surface area (Å²) in [6.45, 7) is 5.93. The Bertz CT molecular complexity index is 733. The molecule has 1 aromatic carbocycles. The van der Waals surface area contributed by atoms with Crippen LogP contribution in [0.5, 0.6) is 0 Å². The number of carbonyl (C=O) groups excluding carboxylic acids is 2. The Morgan fingerprint density at radius 3 is 2.40 bits per heavy atom. The number of nitrogens with one attached hydrogen (secondary N) is 2. The Morgan fingerprint density at radius 1 is 1.12 bits per heavy atom. The maximum absolute atomic E-state index is 12.4. The second-order valence-corrected chi connectivity index (χ2v) is 6.62. The summed E-state index contributed by atoms with van der Waals surface area (Å²) >= 11 is 0. The van der Waals surface area contributed by atoms with Crippen molar-refractivity contribution in [3.05, 3.63) is 42.2 Å². The molecule has 2 aromatic rings. The summed E-state index contributed by atoms with van der Waals surface area (Å²) < 4.78 is 6.74. The van der Waals surface area contributed by atoms with Crippen molar-refractivity contribution >= 4 is 12.0 Å². The minimum Gasteiger partial charge on any atom is -0.444 e. The van der Waals surface area contributed by atoms with Crippen LogP contribution in [0.3, 0.4) is 0 Å². The number of rotatable bonds is 5. The maximum Gasteiger partial charge on any atom is 0.407 e. The van der Waals surface area contributed by atoms with Gasteiger partial charge in [0.05, 0.1) is 0 Å². The molecule has 134 valence electrons. The molecule has 1 aromatic heterocycles. The molecule has 2 rings (SSSR count). The zero-order chi connectivity index (χ0) is 18.4. The van der Waals surface area contributed by atoms with Crippen molar-refractivity contribution in [1.29, 1.82) is 0 Å². The fourth-order valence-electron chi connectivity index (χ4n) is 2.22. The first kappa shape index (κ1) is 18.5. The van der Waals surface area contributed by atoms with Crippen molar-refractivity contribution in [3.63, 3.8) is 0 Å². The molecule has 2 N–H and O–H groups in total. The fraction of sp³-hybridized carbons (Fsp3) is 0.389. The average Bonchev–Trinajstić information content (AvgIpc) is 2.92. The lowest BCUT2D eigenvalue weighted by Crippen LogP contribution is -2.38. The van der Waals surface area contributed by atoms with E-state index in [1.165, 1.54) is 0 Å². The Morgan fingerprint density at radius 2 is 1.76 bits per heavy atom. The number of carbonyl (C=O) groups is 2. The van der Waals surface area contributed by atoms with Gasteiger partial charge < -0.3 is 15.4 Å². The molecule has 0 unspecified atom stereocenters. The first-order valence-corrected chi connectivity index (χ1v) is 8.10. The minimum absolute atomic E-state index is 0.272. The zero-order valence-electron chi connectivity index (χ0n) is 15.0. The number of aromatic nitrogens is 2. The van der Waals surface area contributed by atoms with Crippen LogP contribution in [-0.2, 0) is 11.8 Å². The van der Waals surface area contributed by atoms with Gasteiger partial charge in [0.25, 0.3) is 5.91 Å². The second-order valence-electron chi connectivity index (χ2n) is 6.62. The van der Waals surface area contributed by atoms with Crippen molar-refractivity contribution in [2.24, 2.45) is 7.05 Å². The molecule has 7 heteroatoms. The molecule has 0 fully saturated rings. The predicted octanol–water partition coefficient (Wildman–Crippen LogP) is 2.34. The molecule has 0 saturated heterocycles. The largest absolute Gasteiger partial charge is 0.444 e. The third kappa shape index (κ3) is 5.63. The number of benzene rings is 1. The molecule has 0 aliphatic carbocycles. The van der Waals surface area contributed by atoms with E-state index in [-0.39, 0.29) is 19.0 Å². The topological polar surface area (TPSA) is 85.2 Å². The highest BCUT2D eigenvalue weighted by molar-refractivity contribution is 5.98. The third-order valence-electron chi connectivity index (χ3n) is 3.21. The van der Waals surface area contributed by atoms with Crippen molar-refractivity contribution < 1.29 is 14.3 Å². The number of nitrogens with zero attached hydrogens (tertiary/aromatic N) is 2. The number of aryl methyl sites for hydroxylation is 1. The van der Waals surface area contributed by atoms with Gasteiger partial charge in [0.15, 0.2) is 5.69 Å². The summed E-state index contributed by atoms with van der Waals surface area (Å²) in [7, 11) is 1.77. The van der Waals surface area contributed by atoms with Gasteiger partial charge in [-0.1, -0.05) is 30.3 Å². The number of amides is 2. The molecule has 0 spiro atoms. The number of hydrogen-bond donors (Lipinski definition) is 2. The molecule has 0 saturated carbocycles. The Hall–Kier alpha value is -2.83. The Labute approximate surface area is 147 Å². The van der Waals surface area contributed by atoms with Gasteiger partial charge in [-0.2, -0.15) is 5.10 Å². The highest BCUT2D eigenvalue weighted by Gasteiger charge is 2.18. The molecule has 0 bridgehead atoms. The Balaban J connectivity index is 1.91. The van der Waals surface area contributed by atoms with Crippen LogP contribution in [0.25, 0.3) is 11.1 Å². The highest BCUT2D eigenvalue weighted by atomic mass is 16.6. The molecule has 2 amide bonds. The van der Waals surface area contributed by atoms with E-state index in [1.807, 2.05) is 36.5 Å². The normalized spacial score (nSPS) is 11.0. The van der Waals surface area contributed by atoms with Crippen LogP contribution in [0.1, 0.15) is 31.3 Å². The summed E-state index contributed by atoms with van der Waals surface area (Å²) in [5.41, 5.74) is 1.49. The van der Waals surface area contributed by atoms with Gasteiger partial charge in [-0.05, 0) is 26.3 Å². The number of hydrogen-bond acceptors (Lipinski definition) is 4. The van der Waals surface area contributed by atoms with E-state index >= 15 is 0 Å². The van der Waals surface area contributed by atoms with Gasteiger partial charge >= 0.3 is 6.09 Å². The van der Waals surface area contributed by atoms with Crippen LogP contribution >= 0.6 is 0 Å². The van der Waals surface area contributed by atoms with E-state index in [9.17, 15) is 9.59 Å². The van der Waals surface area contributed by atoms with Crippen LogP contribution in [-0.4, -0.2) is 40.5 Å². The quantitative estimate of drug-likeness (QED) is 0.815. The molecule has 0 radical (unpaired) electrons. The van der Waals surface area contributed by atoms with Gasteiger partial charge in [0.1, 0.15) is 5.60 Å². The average molecular weight is 344 g/mol. The Kier molecular flexibility index (Phi) is 5.80. The van der Waals surface area contributed by atoms with Gasteiger partial charge in [-0.15, -0.1) is 0 Å². The lowest BCUT2D eigenvalue weighted by molar-refractivity contribution is 0.0526. The van der Waals surface area contributed by atoms with Crippen LogP contribution in [0.2, 0.25) is 0 Å². The molecule has 1 heterocycles. The van der Waals surface area contributed by atoms with E-state index in [0.717, 1.165) is 11.1 Å². The molecule has 7 nitrogen and oxygen atoms in total. The molecule has 25 heavy (non-hydrogen) atoms. The van der Waals surface area contributed by atoms with Gasteiger partial charge in [0.2, 0.25) is 0 Å². The van der Waals surface area contributed by atoms with E-state index < -0.39 is 11.7 Å².